The number of amides is 2. The van der Waals surface area contributed by atoms with Crippen molar-refractivity contribution >= 4 is 23.5 Å². The van der Waals surface area contributed by atoms with E-state index in [0.717, 1.165) is 16.7 Å². The minimum atomic E-state index is -0.706. The van der Waals surface area contributed by atoms with Gasteiger partial charge in [0.1, 0.15) is 6.04 Å². The number of carbonyl (C=O) groups excluding carboxylic acids is 3. The number of ether oxygens (including phenoxy) is 4. The highest BCUT2D eigenvalue weighted by Gasteiger charge is 2.30. The van der Waals surface area contributed by atoms with E-state index >= 15 is 0 Å². The van der Waals surface area contributed by atoms with E-state index in [0.29, 0.717) is 60.7 Å². The van der Waals surface area contributed by atoms with Crippen LogP contribution in [0.2, 0.25) is 0 Å². The summed E-state index contributed by atoms with van der Waals surface area (Å²) in [6, 6.07) is 5.87. The minimum absolute atomic E-state index is 0.0665. The van der Waals surface area contributed by atoms with Gasteiger partial charge in [0.2, 0.25) is 23.0 Å². The fraction of sp³-hybridized carbons (Fsp3) is 0.500. The molecule has 0 bridgehead atoms. The van der Waals surface area contributed by atoms with Crippen LogP contribution in [-0.4, -0.2) is 58.8 Å². The van der Waals surface area contributed by atoms with E-state index in [2.05, 4.69) is 16.0 Å². The van der Waals surface area contributed by atoms with Crippen molar-refractivity contribution in [2.75, 3.05) is 40.3 Å². The summed E-state index contributed by atoms with van der Waals surface area (Å²) in [4.78, 5) is 50.2. The molecule has 11 heteroatoms. The maximum absolute atomic E-state index is 13.4. The van der Waals surface area contributed by atoms with E-state index < -0.39 is 18.1 Å². The van der Waals surface area contributed by atoms with Gasteiger partial charge < -0.3 is 34.9 Å². The Hall–Kier alpha value is -4.28. The van der Waals surface area contributed by atoms with Crippen LogP contribution in [0, 0.1) is 5.92 Å². The fourth-order valence-electron chi connectivity index (χ4n) is 5.37. The van der Waals surface area contributed by atoms with Crippen molar-refractivity contribution in [1.82, 2.24) is 10.6 Å². The summed E-state index contributed by atoms with van der Waals surface area (Å²) in [5.41, 5.74) is 3.19. The van der Waals surface area contributed by atoms with Crippen LogP contribution in [0.1, 0.15) is 63.6 Å². The molecular weight excluding hydrogens is 554 g/mol. The van der Waals surface area contributed by atoms with E-state index in [1.54, 1.807) is 26.4 Å². The average molecular weight is 598 g/mol. The highest BCUT2D eigenvalue weighted by atomic mass is 16.5. The van der Waals surface area contributed by atoms with Crippen LogP contribution in [0.5, 0.6) is 17.2 Å². The molecule has 0 saturated carbocycles. The number of fused-ring (bicyclic) bond motifs is 3. The Balaban J connectivity index is 1.91. The number of esters is 1. The number of carbonyl (C=O) groups is 3. The molecule has 3 N–H and O–H groups in total. The predicted octanol–water partition coefficient (Wildman–Crippen LogP) is 3.76. The Bertz CT molecular complexity index is 1390. The second-order valence-corrected chi connectivity index (χ2v) is 10.6. The Morgan fingerprint density at radius 3 is 2.35 bits per heavy atom. The predicted molar refractivity (Wildman–Crippen MR) is 164 cm³/mol. The van der Waals surface area contributed by atoms with Crippen LogP contribution in [-0.2, 0) is 25.5 Å². The Kier molecular flexibility index (Phi) is 11.8. The van der Waals surface area contributed by atoms with Gasteiger partial charge in [0, 0.05) is 25.5 Å². The fourth-order valence-corrected chi connectivity index (χ4v) is 5.37. The SMILES string of the molecule is CC[C@@H](C)[C@H](NC(=O)CCCNc1ccc2c(cc1=O)[C@@H](NC(C)=O)CCc1cc(OC)c(OC)c(OC)c1-2)C(=O)OC. The van der Waals surface area contributed by atoms with E-state index in [1.807, 2.05) is 26.0 Å². The second kappa shape index (κ2) is 15.3. The molecular formula is C32H43N3O8. The third-order valence-electron chi connectivity index (χ3n) is 7.80. The number of methoxy groups -OCH3 is 4. The summed E-state index contributed by atoms with van der Waals surface area (Å²) in [5, 5.41) is 8.91. The number of rotatable bonds is 13. The first-order valence-electron chi connectivity index (χ1n) is 14.5. The van der Waals surface area contributed by atoms with Crippen molar-refractivity contribution in [2.45, 2.75) is 65.0 Å². The van der Waals surface area contributed by atoms with E-state index in [1.165, 1.54) is 21.1 Å². The summed E-state index contributed by atoms with van der Waals surface area (Å²) in [5.74, 6) is 0.419. The summed E-state index contributed by atoms with van der Waals surface area (Å²) in [6.45, 7) is 5.62. The zero-order valence-electron chi connectivity index (χ0n) is 26.1. The van der Waals surface area contributed by atoms with Gasteiger partial charge in [-0.05, 0) is 60.1 Å². The zero-order chi connectivity index (χ0) is 31.7. The molecule has 3 rings (SSSR count). The molecule has 0 saturated heterocycles. The van der Waals surface area contributed by atoms with Gasteiger partial charge in [-0.3, -0.25) is 14.4 Å². The Morgan fingerprint density at radius 1 is 1.02 bits per heavy atom. The van der Waals surface area contributed by atoms with Gasteiger partial charge in [0.15, 0.2) is 11.5 Å². The molecule has 2 aromatic rings. The summed E-state index contributed by atoms with van der Waals surface area (Å²) in [7, 11) is 5.94. The summed E-state index contributed by atoms with van der Waals surface area (Å²) < 4.78 is 21.9. The molecule has 0 fully saturated rings. The van der Waals surface area contributed by atoms with Crippen molar-refractivity contribution < 1.29 is 33.3 Å². The number of nitrogens with one attached hydrogen (secondary N) is 3. The molecule has 234 valence electrons. The Labute approximate surface area is 252 Å². The molecule has 2 aromatic carbocycles. The van der Waals surface area contributed by atoms with Gasteiger partial charge in [-0.25, -0.2) is 4.79 Å². The first-order chi connectivity index (χ1) is 20.6. The van der Waals surface area contributed by atoms with Crippen LogP contribution in [0.4, 0.5) is 5.69 Å². The lowest BCUT2D eigenvalue weighted by Crippen LogP contribution is -2.45. The van der Waals surface area contributed by atoms with Crippen molar-refractivity contribution in [2.24, 2.45) is 5.92 Å². The van der Waals surface area contributed by atoms with Gasteiger partial charge in [-0.2, -0.15) is 0 Å². The molecule has 0 aromatic heterocycles. The van der Waals surface area contributed by atoms with Gasteiger partial charge in [-0.15, -0.1) is 0 Å². The van der Waals surface area contributed by atoms with Crippen LogP contribution in [0.15, 0.2) is 29.1 Å². The maximum atomic E-state index is 13.4. The minimum Gasteiger partial charge on any atom is -0.493 e. The molecule has 43 heavy (non-hydrogen) atoms. The zero-order valence-corrected chi connectivity index (χ0v) is 26.1. The number of benzene rings is 1. The highest BCUT2D eigenvalue weighted by Crippen LogP contribution is 2.50. The van der Waals surface area contributed by atoms with E-state index in [-0.39, 0.29) is 29.6 Å². The molecule has 2 amide bonds. The van der Waals surface area contributed by atoms with Gasteiger partial charge in [0.25, 0.3) is 0 Å². The van der Waals surface area contributed by atoms with Gasteiger partial charge >= 0.3 is 5.97 Å². The van der Waals surface area contributed by atoms with E-state index in [4.69, 9.17) is 18.9 Å². The summed E-state index contributed by atoms with van der Waals surface area (Å²) >= 11 is 0. The Morgan fingerprint density at radius 2 is 1.74 bits per heavy atom. The molecule has 0 aliphatic heterocycles. The van der Waals surface area contributed by atoms with Crippen molar-refractivity contribution in [3.8, 4) is 28.4 Å². The first-order valence-corrected chi connectivity index (χ1v) is 14.5. The van der Waals surface area contributed by atoms with Crippen LogP contribution in [0.3, 0.4) is 0 Å². The van der Waals surface area contributed by atoms with Crippen LogP contribution in [0.25, 0.3) is 11.1 Å². The molecule has 3 atom stereocenters. The maximum Gasteiger partial charge on any atom is 0.328 e. The van der Waals surface area contributed by atoms with Crippen molar-refractivity contribution in [1.29, 1.82) is 0 Å². The smallest absolute Gasteiger partial charge is 0.328 e. The molecule has 0 heterocycles. The standard InChI is InChI=1S/C32H43N3O8/c1-8-18(2)29(32(39)43-7)35-27(38)10-9-15-33-24-14-12-21-22(17-25(24)37)23(34-19(3)36)13-11-20-16-26(40-4)30(41-5)31(42-6)28(20)21/h12,14,16-18,23,29H,8-11,13,15H2,1-7H3,(H,33,37)(H,34,36)(H,35,38)/t18-,23+,29+/m1/s1. The van der Waals surface area contributed by atoms with Gasteiger partial charge in [0.05, 0.1) is 40.2 Å². The largest absolute Gasteiger partial charge is 0.493 e. The van der Waals surface area contributed by atoms with E-state index in [9.17, 15) is 19.2 Å². The second-order valence-electron chi connectivity index (χ2n) is 10.6. The first kappa shape index (κ1) is 33.2. The molecule has 0 spiro atoms. The third-order valence-corrected chi connectivity index (χ3v) is 7.80. The van der Waals surface area contributed by atoms with Gasteiger partial charge in [-0.1, -0.05) is 26.3 Å². The highest BCUT2D eigenvalue weighted by molar-refractivity contribution is 5.85. The van der Waals surface area contributed by atoms with Crippen LogP contribution < -0.4 is 35.6 Å². The molecule has 11 nitrogen and oxygen atoms in total. The number of anilines is 1. The quantitative estimate of drug-likeness (QED) is 0.232. The number of aryl methyl sites for hydroxylation is 1. The molecule has 0 unspecified atom stereocenters. The van der Waals surface area contributed by atoms with Crippen molar-refractivity contribution in [3.05, 3.63) is 45.6 Å². The average Bonchev–Trinajstić information content (AvgIpc) is 3.24. The molecule has 1 aliphatic rings. The molecule has 1 aliphatic carbocycles. The number of hydrogen-bond donors (Lipinski definition) is 3. The lowest BCUT2D eigenvalue weighted by molar-refractivity contribution is -0.146. The van der Waals surface area contributed by atoms with Crippen LogP contribution >= 0.6 is 0 Å². The number of hydrogen-bond acceptors (Lipinski definition) is 9. The topological polar surface area (TPSA) is 141 Å². The normalized spacial score (nSPS) is 15.0. The third kappa shape index (κ3) is 7.77. The lowest BCUT2D eigenvalue weighted by atomic mass is 9.95. The lowest BCUT2D eigenvalue weighted by Gasteiger charge is -2.21. The molecule has 0 radical (unpaired) electrons. The summed E-state index contributed by atoms with van der Waals surface area (Å²) in [6.07, 6.45) is 2.47. The van der Waals surface area contributed by atoms with Crippen molar-refractivity contribution in [3.63, 3.8) is 0 Å². The monoisotopic (exact) mass is 597 g/mol.